The Morgan fingerprint density at radius 2 is 2.12 bits per heavy atom. The Balaban J connectivity index is 1.32. The first-order chi connectivity index (χ1) is 12.7. The van der Waals surface area contributed by atoms with Crippen molar-refractivity contribution < 1.29 is 4.74 Å². The maximum atomic E-state index is 5.92. The maximum absolute atomic E-state index is 5.92. The fraction of sp³-hybridized carbons (Fsp3) is 0.474. The summed E-state index contributed by atoms with van der Waals surface area (Å²) in [5.41, 5.74) is 3.18. The van der Waals surface area contributed by atoms with Gasteiger partial charge in [-0.2, -0.15) is 5.10 Å². The number of pyridine rings is 1. The number of ether oxygens (including phenoxy) is 1. The van der Waals surface area contributed by atoms with Crippen LogP contribution < -0.4 is 9.64 Å². The number of nitrogens with zero attached hydrogens (tertiary/aromatic N) is 5. The Hall–Kier alpha value is -2.28. The van der Waals surface area contributed by atoms with Gasteiger partial charge in [0.1, 0.15) is 5.52 Å². The van der Waals surface area contributed by atoms with E-state index in [0.717, 1.165) is 48.7 Å². The predicted molar refractivity (Wildman–Crippen MR) is 104 cm³/mol. The largest absolute Gasteiger partial charge is 0.476 e. The Morgan fingerprint density at radius 1 is 1.27 bits per heavy atom. The van der Waals surface area contributed by atoms with E-state index in [2.05, 4.69) is 27.0 Å². The van der Waals surface area contributed by atoms with E-state index in [-0.39, 0.29) is 0 Å². The Labute approximate surface area is 157 Å². The van der Waals surface area contributed by atoms with Crippen molar-refractivity contribution in [3.05, 3.63) is 35.8 Å². The molecule has 0 amide bonds. The van der Waals surface area contributed by atoms with Crippen molar-refractivity contribution in [2.45, 2.75) is 33.1 Å². The predicted octanol–water partition coefficient (Wildman–Crippen LogP) is 3.65. The molecule has 1 saturated heterocycles. The standard InChI is InChI=1S/C19H23N5OS/c1-3-15-10-18(23-22-13(15)2)25-12-14-5-8-24(9-6-14)19-21-16-11-20-7-4-17(16)26-19/h4,7,10-11,14H,3,5-6,8-9,12H2,1-2H3. The van der Waals surface area contributed by atoms with E-state index in [9.17, 15) is 0 Å². The monoisotopic (exact) mass is 369 g/mol. The zero-order valence-corrected chi connectivity index (χ0v) is 16.0. The van der Waals surface area contributed by atoms with E-state index in [1.54, 1.807) is 11.3 Å². The molecule has 0 saturated carbocycles. The van der Waals surface area contributed by atoms with E-state index in [0.29, 0.717) is 18.4 Å². The third-order valence-corrected chi connectivity index (χ3v) is 6.07. The Kier molecular flexibility index (Phi) is 4.97. The van der Waals surface area contributed by atoms with Crippen LogP contribution in [0.25, 0.3) is 10.2 Å². The lowest BCUT2D eigenvalue weighted by Crippen LogP contribution is -2.35. The second-order valence-corrected chi connectivity index (χ2v) is 7.74. The highest BCUT2D eigenvalue weighted by Gasteiger charge is 2.22. The van der Waals surface area contributed by atoms with Crippen LogP contribution in [0.1, 0.15) is 31.0 Å². The topological polar surface area (TPSA) is 64.0 Å². The molecule has 0 aromatic carbocycles. The molecule has 0 radical (unpaired) electrons. The van der Waals surface area contributed by atoms with Crippen LogP contribution in [0.15, 0.2) is 24.5 Å². The number of fused-ring (bicyclic) bond motifs is 1. The summed E-state index contributed by atoms with van der Waals surface area (Å²) >= 11 is 1.75. The van der Waals surface area contributed by atoms with Gasteiger partial charge in [0.2, 0.25) is 5.88 Å². The minimum absolute atomic E-state index is 0.551. The zero-order chi connectivity index (χ0) is 17.9. The van der Waals surface area contributed by atoms with Crippen molar-refractivity contribution in [2.75, 3.05) is 24.6 Å². The molecule has 0 bridgehead atoms. The van der Waals surface area contributed by atoms with Crippen LogP contribution in [0.5, 0.6) is 5.88 Å². The van der Waals surface area contributed by atoms with E-state index >= 15 is 0 Å². The quantitative estimate of drug-likeness (QED) is 0.684. The first kappa shape index (κ1) is 17.1. The van der Waals surface area contributed by atoms with E-state index in [4.69, 9.17) is 9.72 Å². The van der Waals surface area contributed by atoms with Crippen molar-refractivity contribution in [1.82, 2.24) is 20.2 Å². The van der Waals surface area contributed by atoms with Crippen LogP contribution in [-0.2, 0) is 6.42 Å². The maximum Gasteiger partial charge on any atom is 0.233 e. The molecule has 0 unspecified atom stereocenters. The van der Waals surface area contributed by atoms with E-state index < -0.39 is 0 Å². The molecule has 1 fully saturated rings. The third kappa shape index (κ3) is 3.62. The van der Waals surface area contributed by atoms with Crippen molar-refractivity contribution >= 4 is 26.7 Å². The number of hydrogen-bond acceptors (Lipinski definition) is 7. The first-order valence-electron chi connectivity index (χ1n) is 9.14. The molecule has 1 aliphatic heterocycles. The average Bonchev–Trinajstić information content (AvgIpc) is 3.12. The molecule has 26 heavy (non-hydrogen) atoms. The summed E-state index contributed by atoms with van der Waals surface area (Å²) in [5.74, 6) is 1.20. The summed E-state index contributed by atoms with van der Waals surface area (Å²) < 4.78 is 7.12. The Morgan fingerprint density at radius 3 is 2.88 bits per heavy atom. The summed E-state index contributed by atoms with van der Waals surface area (Å²) in [7, 11) is 0. The van der Waals surface area contributed by atoms with Crippen LogP contribution in [-0.4, -0.2) is 39.9 Å². The SMILES string of the molecule is CCc1cc(OCC2CCN(c3nc4cnccc4s3)CC2)nnc1C. The number of piperidine rings is 1. The van der Waals surface area contributed by atoms with Crippen LogP contribution >= 0.6 is 11.3 Å². The first-order valence-corrected chi connectivity index (χ1v) is 9.96. The average molecular weight is 369 g/mol. The van der Waals surface area contributed by atoms with Crippen LogP contribution in [0.4, 0.5) is 5.13 Å². The molecular weight excluding hydrogens is 346 g/mol. The summed E-state index contributed by atoms with van der Waals surface area (Å²) in [6, 6.07) is 4.05. The van der Waals surface area contributed by atoms with Gasteiger partial charge in [-0.05, 0) is 43.7 Å². The smallest absolute Gasteiger partial charge is 0.233 e. The minimum atomic E-state index is 0.551. The molecular formula is C19H23N5OS. The molecule has 0 N–H and O–H groups in total. The number of thiazole rings is 1. The van der Waals surface area contributed by atoms with Gasteiger partial charge in [-0.1, -0.05) is 18.3 Å². The summed E-state index contributed by atoms with van der Waals surface area (Å²) in [6.45, 7) is 6.85. The van der Waals surface area contributed by atoms with Crippen LogP contribution in [0.3, 0.4) is 0 Å². The van der Waals surface area contributed by atoms with Gasteiger partial charge < -0.3 is 9.64 Å². The third-order valence-electron chi connectivity index (χ3n) is 4.97. The molecule has 0 spiro atoms. The van der Waals surface area contributed by atoms with Crippen molar-refractivity contribution in [3.8, 4) is 5.88 Å². The molecule has 1 aliphatic rings. The van der Waals surface area contributed by atoms with Gasteiger partial charge in [-0.25, -0.2) is 4.98 Å². The van der Waals surface area contributed by atoms with Gasteiger partial charge in [0, 0.05) is 25.4 Å². The number of aromatic nitrogens is 4. The van der Waals surface area contributed by atoms with Gasteiger partial charge in [0.15, 0.2) is 5.13 Å². The van der Waals surface area contributed by atoms with Crippen molar-refractivity contribution in [3.63, 3.8) is 0 Å². The molecule has 4 rings (SSSR count). The highest BCUT2D eigenvalue weighted by atomic mass is 32.1. The lowest BCUT2D eigenvalue weighted by Gasteiger charge is -2.31. The minimum Gasteiger partial charge on any atom is -0.476 e. The van der Waals surface area contributed by atoms with Gasteiger partial charge in [-0.15, -0.1) is 5.10 Å². The highest BCUT2D eigenvalue weighted by molar-refractivity contribution is 7.22. The normalized spacial score (nSPS) is 15.5. The van der Waals surface area contributed by atoms with Gasteiger partial charge in [0.05, 0.1) is 23.2 Å². The Bertz CT molecular complexity index is 856. The van der Waals surface area contributed by atoms with E-state index in [1.165, 1.54) is 10.3 Å². The highest BCUT2D eigenvalue weighted by Crippen LogP contribution is 2.31. The number of aryl methyl sites for hydroxylation is 2. The summed E-state index contributed by atoms with van der Waals surface area (Å²) in [5, 5.41) is 9.45. The molecule has 7 heteroatoms. The molecule has 3 aromatic heterocycles. The number of anilines is 1. The van der Waals surface area contributed by atoms with Gasteiger partial charge in [-0.3, -0.25) is 4.98 Å². The molecule has 136 valence electrons. The molecule has 0 atom stereocenters. The van der Waals surface area contributed by atoms with Crippen molar-refractivity contribution in [1.29, 1.82) is 0 Å². The van der Waals surface area contributed by atoms with E-state index in [1.807, 2.05) is 31.5 Å². The van der Waals surface area contributed by atoms with Gasteiger partial charge >= 0.3 is 0 Å². The molecule has 4 heterocycles. The van der Waals surface area contributed by atoms with Gasteiger partial charge in [0.25, 0.3) is 0 Å². The fourth-order valence-corrected chi connectivity index (χ4v) is 4.28. The molecule has 6 nitrogen and oxygen atoms in total. The second-order valence-electron chi connectivity index (χ2n) is 6.73. The summed E-state index contributed by atoms with van der Waals surface area (Å²) in [4.78, 5) is 11.2. The second kappa shape index (κ2) is 7.53. The zero-order valence-electron chi connectivity index (χ0n) is 15.2. The summed E-state index contributed by atoms with van der Waals surface area (Å²) in [6.07, 6.45) is 6.82. The lowest BCUT2D eigenvalue weighted by molar-refractivity contribution is 0.214. The van der Waals surface area contributed by atoms with Crippen molar-refractivity contribution in [2.24, 2.45) is 5.92 Å². The number of rotatable bonds is 5. The van der Waals surface area contributed by atoms with Crippen LogP contribution in [0, 0.1) is 12.8 Å². The molecule has 3 aromatic rings. The fourth-order valence-electron chi connectivity index (χ4n) is 3.30. The van der Waals surface area contributed by atoms with Crippen LogP contribution in [0.2, 0.25) is 0 Å². The lowest BCUT2D eigenvalue weighted by atomic mass is 9.98. The number of hydrogen-bond donors (Lipinski definition) is 0. The molecule has 0 aliphatic carbocycles.